The van der Waals surface area contributed by atoms with E-state index in [9.17, 15) is 22.8 Å². The molecule has 188 valence electrons. The van der Waals surface area contributed by atoms with Crippen LogP contribution in [0.1, 0.15) is 38.1 Å². The fraction of sp³-hybridized carbons (Fsp3) is 0.192. The van der Waals surface area contributed by atoms with Gasteiger partial charge < -0.3 is 16.0 Å². The lowest BCUT2D eigenvalue weighted by molar-refractivity contribution is -0.123. The van der Waals surface area contributed by atoms with Crippen LogP contribution in [0.4, 0.5) is 22.7 Å². The first-order valence-corrected chi connectivity index (χ1v) is 12.6. The van der Waals surface area contributed by atoms with E-state index in [4.69, 9.17) is 0 Å². The fourth-order valence-corrected chi connectivity index (χ4v) is 4.18. The molecule has 0 unspecified atom stereocenters. The second kappa shape index (κ2) is 10.6. The van der Waals surface area contributed by atoms with E-state index in [2.05, 4.69) is 20.7 Å². The van der Waals surface area contributed by atoms with E-state index in [0.29, 0.717) is 17.1 Å². The van der Waals surface area contributed by atoms with Gasteiger partial charge in [0.05, 0.1) is 16.1 Å². The maximum absolute atomic E-state index is 12.9. The third-order valence-electron chi connectivity index (χ3n) is 4.96. The van der Waals surface area contributed by atoms with E-state index in [-0.39, 0.29) is 28.0 Å². The number of anilines is 4. The second-order valence-corrected chi connectivity index (χ2v) is 10.8. The zero-order valence-corrected chi connectivity index (χ0v) is 21.2. The molecule has 0 spiro atoms. The van der Waals surface area contributed by atoms with Crippen molar-refractivity contribution in [3.05, 3.63) is 78.4 Å². The van der Waals surface area contributed by atoms with Gasteiger partial charge in [-0.15, -0.1) is 0 Å². The van der Waals surface area contributed by atoms with Gasteiger partial charge >= 0.3 is 0 Å². The van der Waals surface area contributed by atoms with Crippen molar-refractivity contribution in [3.8, 4) is 0 Å². The highest BCUT2D eigenvalue weighted by atomic mass is 32.2. The Morgan fingerprint density at radius 1 is 0.722 bits per heavy atom. The summed E-state index contributed by atoms with van der Waals surface area (Å²) in [5.41, 5.74) is 1.13. The molecule has 4 N–H and O–H groups in total. The van der Waals surface area contributed by atoms with Crippen molar-refractivity contribution in [1.82, 2.24) is 0 Å². The van der Waals surface area contributed by atoms with E-state index in [0.717, 1.165) is 0 Å². The molecule has 0 bridgehead atoms. The van der Waals surface area contributed by atoms with Gasteiger partial charge in [-0.1, -0.05) is 39.0 Å². The van der Waals surface area contributed by atoms with Gasteiger partial charge in [-0.05, 0) is 54.6 Å². The minimum Gasteiger partial charge on any atom is -0.326 e. The normalized spacial score (nSPS) is 11.3. The summed E-state index contributed by atoms with van der Waals surface area (Å²) in [7, 11) is -3.97. The number of para-hydroxylation sites is 1. The van der Waals surface area contributed by atoms with Crippen molar-refractivity contribution in [2.75, 3.05) is 20.7 Å². The van der Waals surface area contributed by atoms with Gasteiger partial charge in [0, 0.05) is 29.4 Å². The molecule has 0 aromatic heterocycles. The van der Waals surface area contributed by atoms with Crippen molar-refractivity contribution in [1.29, 1.82) is 0 Å². The van der Waals surface area contributed by atoms with Crippen LogP contribution >= 0.6 is 0 Å². The Balaban J connectivity index is 1.74. The quantitative estimate of drug-likeness (QED) is 0.368. The molecule has 0 heterocycles. The Kier molecular flexibility index (Phi) is 7.79. The number of carbonyl (C=O) groups excluding carboxylic acids is 3. The summed E-state index contributed by atoms with van der Waals surface area (Å²) in [5.74, 6) is -0.983. The van der Waals surface area contributed by atoms with Gasteiger partial charge in [-0.3, -0.25) is 19.1 Å². The summed E-state index contributed by atoms with van der Waals surface area (Å²) >= 11 is 0. The molecule has 3 aromatic rings. The van der Waals surface area contributed by atoms with Gasteiger partial charge in [0.15, 0.2) is 0 Å². The second-order valence-electron chi connectivity index (χ2n) is 9.10. The lowest BCUT2D eigenvalue weighted by atomic mass is 9.95. The number of rotatable bonds is 7. The molecule has 9 nitrogen and oxygen atoms in total. The van der Waals surface area contributed by atoms with Crippen LogP contribution in [0, 0.1) is 5.41 Å². The average Bonchev–Trinajstić information content (AvgIpc) is 2.79. The van der Waals surface area contributed by atoms with Crippen LogP contribution in [0.3, 0.4) is 0 Å². The minimum absolute atomic E-state index is 0.0550. The molecule has 0 fully saturated rings. The minimum atomic E-state index is -3.97. The van der Waals surface area contributed by atoms with Crippen molar-refractivity contribution in [2.24, 2.45) is 5.41 Å². The predicted octanol–water partition coefficient (Wildman–Crippen LogP) is 4.68. The van der Waals surface area contributed by atoms with E-state index in [1.54, 1.807) is 75.4 Å². The molecule has 0 atom stereocenters. The first kappa shape index (κ1) is 26.4. The average molecular weight is 509 g/mol. The molecule has 3 amide bonds. The third kappa shape index (κ3) is 6.92. The van der Waals surface area contributed by atoms with Crippen LogP contribution in [0.15, 0.2) is 77.7 Å². The SMILES string of the molecule is CC(=O)Nc1ccccc1C(=O)Nc1cccc(S(=O)(=O)Nc2ccc(NC(=O)C(C)(C)C)cc2)c1. The molecule has 0 radical (unpaired) electrons. The molecule has 0 saturated heterocycles. The lowest BCUT2D eigenvalue weighted by Gasteiger charge is -2.18. The van der Waals surface area contributed by atoms with Crippen molar-refractivity contribution >= 4 is 50.5 Å². The number of hydrogen-bond donors (Lipinski definition) is 4. The van der Waals surface area contributed by atoms with Crippen LogP contribution < -0.4 is 20.7 Å². The van der Waals surface area contributed by atoms with E-state index < -0.39 is 21.3 Å². The van der Waals surface area contributed by atoms with Crippen molar-refractivity contribution in [2.45, 2.75) is 32.6 Å². The van der Waals surface area contributed by atoms with Gasteiger partial charge in [0.25, 0.3) is 15.9 Å². The van der Waals surface area contributed by atoms with E-state index in [1.807, 2.05) is 0 Å². The molecular formula is C26H28N4O5S. The molecule has 3 rings (SSSR count). The Hall–Kier alpha value is -4.18. The van der Waals surface area contributed by atoms with Crippen molar-refractivity contribution in [3.63, 3.8) is 0 Å². The lowest BCUT2D eigenvalue weighted by Crippen LogP contribution is -2.27. The molecule has 0 aliphatic carbocycles. The summed E-state index contributed by atoms with van der Waals surface area (Å²) in [6, 6.07) is 18.6. The first-order valence-electron chi connectivity index (χ1n) is 11.1. The summed E-state index contributed by atoms with van der Waals surface area (Å²) < 4.78 is 28.4. The maximum Gasteiger partial charge on any atom is 0.261 e. The van der Waals surface area contributed by atoms with Gasteiger partial charge in [-0.2, -0.15) is 0 Å². The summed E-state index contributed by atoms with van der Waals surface area (Å²) in [6.45, 7) is 6.72. The zero-order chi connectivity index (χ0) is 26.5. The van der Waals surface area contributed by atoms with Gasteiger partial charge in [0.2, 0.25) is 11.8 Å². The zero-order valence-electron chi connectivity index (χ0n) is 20.4. The number of carbonyl (C=O) groups is 3. The number of sulfonamides is 1. The van der Waals surface area contributed by atoms with Gasteiger partial charge in [0.1, 0.15) is 0 Å². The predicted molar refractivity (Wildman–Crippen MR) is 140 cm³/mol. The highest BCUT2D eigenvalue weighted by molar-refractivity contribution is 7.92. The Morgan fingerprint density at radius 3 is 2.00 bits per heavy atom. The van der Waals surface area contributed by atoms with Crippen LogP contribution in [0.2, 0.25) is 0 Å². The third-order valence-corrected chi connectivity index (χ3v) is 6.34. The summed E-state index contributed by atoms with van der Waals surface area (Å²) in [4.78, 5) is 36.3. The molecule has 36 heavy (non-hydrogen) atoms. The van der Waals surface area contributed by atoms with Gasteiger partial charge in [-0.25, -0.2) is 8.42 Å². The molecular weight excluding hydrogens is 480 g/mol. The molecule has 0 saturated carbocycles. The molecule has 0 aliphatic rings. The number of nitrogens with one attached hydrogen (secondary N) is 4. The van der Waals surface area contributed by atoms with Crippen LogP contribution in [0.25, 0.3) is 0 Å². The monoisotopic (exact) mass is 508 g/mol. The van der Waals surface area contributed by atoms with Crippen LogP contribution in [-0.4, -0.2) is 26.1 Å². The topological polar surface area (TPSA) is 133 Å². The summed E-state index contributed by atoms with van der Waals surface area (Å²) in [5, 5.41) is 8.04. The van der Waals surface area contributed by atoms with E-state index in [1.165, 1.54) is 25.1 Å². The smallest absolute Gasteiger partial charge is 0.261 e. The van der Waals surface area contributed by atoms with Crippen molar-refractivity contribution < 1.29 is 22.8 Å². The Morgan fingerprint density at radius 2 is 1.36 bits per heavy atom. The van der Waals surface area contributed by atoms with Crippen LogP contribution in [0.5, 0.6) is 0 Å². The molecule has 3 aromatic carbocycles. The molecule has 10 heteroatoms. The highest BCUT2D eigenvalue weighted by Gasteiger charge is 2.21. The largest absolute Gasteiger partial charge is 0.326 e. The standard InChI is InChI=1S/C26H28N4O5S/c1-17(31)27-23-11-6-5-10-22(23)24(32)28-20-8-7-9-21(16-20)36(34,35)30-19-14-12-18(13-15-19)29-25(33)26(2,3)4/h5-16,30H,1-4H3,(H,27,31)(H,28,32)(H,29,33). The van der Waals surface area contributed by atoms with E-state index >= 15 is 0 Å². The first-order chi connectivity index (χ1) is 16.8. The molecule has 0 aliphatic heterocycles. The van der Waals surface area contributed by atoms with Crippen LogP contribution in [-0.2, 0) is 19.6 Å². The number of benzene rings is 3. The number of amides is 3. The Labute approximate surface area is 210 Å². The maximum atomic E-state index is 12.9. The fourth-order valence-electron chi connectivity index (χ4n) is 3.07. The number of hydrogen-bond acceptors (Lipinski definition) is 5. The summed E-state index contributed by atoms with van der Waals surface area (Å²) in [6.07, 6.45) is 0. The highest BCUT2D eigenvalue weighted by Crippen LogP contribution is 2.23. The Bertz CT molecular complexity index is 1390.